The van der Waals surface area contributed by atoms with E-state index in [1.807, 2.05) is 11.0 Å². The van der Waals surface area contributed by atoms with Crippen molar-refractivity contribution in [3.63, 3.8) is 0 Å². The van der Waals surface area contributed by atoms with Crippen LogP contribution in [0.2, 0.25) is 0 Å². The van der Waals surface area contributed by atoms with E-state index >= 15 is 0 Å². The summed E-state index contributed by atoms with van der Waals surface area (Å²) in [6.07, 6.45) is 4.16. The van der Waals surface area contributed by atoms with Crippen molar-refractivity contribution in [2.45, 2.75) is 11.8 Å². The number of thioether (sulfide) groups is 1. The zero-order valence-corrected chi connectivity index (χ0v) is 13.0. The Morgan fingerprint density at radius 3 is 3.14 bits per heavy atom. The maximum atomic E-state index is 12.1. The van der Waals surface area contributed by atoms with Gasteiger partial charge in [-0.2, -0.15) is 0 Å². The number of methoxy groups -OCH3 is 1. The van der Waals surface area contributed by atoms with Crippen molar-refractivity contribution < 1.29 is 14.6 Å². The average Bonchev–Trinajstić information content (AvgIpc) is 3.16. The Bertz CT molecular complexity index is 660. The molecule has 0 radical (unpaired) electrons. The van der Waals surface area contributed by atoms with Crippen LogP contribution in [0, 0.1) is 0 Å². The van der Waals surface area contributed by atoms with Crippen LogP contribution in [0.4, 0.5) is 0 Å². The number of nitrogens with zero attached hydrogens (tertiary/aromatic N) is 2. The highest BCUT2D eigenvalue weighted by atomic mass is 32.2. The van der Waals surface area contributed by atoms with Crippen LogP contribution in [0.15, 0.2) is 30.6 Å². The van der Waals surface area contributed by atoms with Gasteiger partial charge in [0.05, 0.1) is 12.9 Å². The second-order valence-electron chi connectivity index (χ2n) is 4.98. The van der Waals surface area contributed by atoms with E-state index in [0.29, 0.717) is 24.5 Å². The Hall–Kier alpha value is -2.15. The highest BCUT2D eigenvalue weighted by Crippen LogP contribution is 2.37. The van der Waals surface area contributed by atoms with E-state index in [-0.39, 0.29) is 17.0 Å². The Morgan fingerprint density at radius 2 is 2.41 bits per heavy atom. The lowest BCUT2D eigenvalue weighted by atomic mass is 10.1. The molecule has 1 aromatic carbocycles. The number of nitrogens with one attached hydrogen (secondary N) is 1. The first-order valence-electron chi connectivity index (χ1n) is 6.95. The molecule has 2 aromatic rings. The Morgan fingerprint density at radius 1 is 1.55 bits per heavy atom. The molecule has 2 heterocycles. The number of hydrogen-bond acceptors (Lipinski definition) is 5. The molecule has 0 aliphatic carbocycles. The predicted molar refractivity (Wildman–Crippen MR) is 83.9 cm³/mol. The summed E-state index contributed by atoms with van der Waals surface area (Å²) >= 11 is 1.58. The summed E-state index contributed by atoms with van der Waals surface area (Å²) in [6.45, 7) is 0.602. The van der Waals surface area contributed by atoms with Crippen LogP contribution < -0.4 is 4.74 Å². The predicted octanol–water partition coefficient (Wildman–Crippen LogP) is 1.94. The third-order valence-electron chi connectivity index (χ3n) is 3.61. The van der Waals surface area contributed by atoms with Crippen LogP contribution >= 0.6 is 11.8 Å². The monoisotopic (exact) mass is 319 g/mol. The van der Waals surface area contributed by atoms with Gasteiger partial charge in [0.2, 0.25) is 5.91 Å². The number of phenols is 1. The van der Waals surface area contributed by atoms with E-state index in [9.17, 15) is 9.90 Å². The fraction of sp³-hybridized carbons (Fsp3) is 0.333. The standard InChI is InChI=1S/C15H17N3O3S/c1-21-12-8-10(2-3-11(12)19)4-7-18-13(20)9-22-15(18)14-16-5-6-17-14/h2-3,5-6,8,15,19H,4,7,9H2,1H3,(H,16,17). The summed E-state index contributed by atoms with van der Waals surface area (Å²) in [5.41, 5.74) is 1.01. The quantitative estimate of drug-likeness (QED) is 0.880. The second kappa shape index (κ2) is 6.31. The molecule has 1 aromatic heterocycles. The van der Waals surface area contributed by atoms with Gasteiger partial charge < -0.3 is 19.7 Å². The smallest absolute Gasteiger partial charge is 0.233 e. The molecule has 22 heavy (non-hydrogen) atoms. The molecule has 0 spiro atoms. The summed E-state index contributed by atoms with van der Waals surface area (Å²) in [6, 6.07) is 5.25. The highest BCUT2D eigenvalue weighted by molar-refractivity contribution is 8.00. The number of rotatable bonds is 5. The van der Waals surface area contributed by atoms with Crippen molar-refractivity contribution in [3.8, 4) is 11.5 Å². The number of carbonyl (C=O) groups is 1. The lowest BCUT2D eigenvalue weighted by molar-refractivity contribution is -0.128. The minimum atomic E-state index is -0.0542. The second-order valence-corrected chi connectivity index (χ2v) is 6.05. The normalized spacial score (nSPS) is 18.0. The number of aromatic nitrogens is 2. The maximum Gasteiger partial charge on any atom is 0.233 e. The van der Waals surface area contributed by atoms with Crippen LogP contribution in [0.5, 0.6) is 11.5 Å². The van der Waals surface area contributed by atoms with Crippen LogP contribution in [0.1, 0.15) is 16.8 Å². The van der Waals surface area contributed by atoms with Crippen molar-refractivity contribution in [2.24, 2.45) is 0 Å². The van der Waals surface area contributed by atoms with Crippen molar-refractivity contribution in [1.29, 1.82) is 0 Å². The summed E-state index contributed by atoms with van der Waals surface area (Å²) < 4.78 is 5.11. The van der Waals surface area contributed by atoms with Crippen LogP contribution in [0.3, 0.4) is 0 Å². The van der Waals surface area contributed by atoms with Gasteiger partial charge in [0.1, 0.15) is 11.2 Å². The number of carbonyl (C=O) groups excluding carboxylic acids is 1. The first-order valence-corrected chi connectivity index (χ1v) is 8.00. The van der Waals surface area contributed by atoms with Gasteiger partial charge in [-0.25, -0.2) is 4.98 Å². The van der Waals surface area contributed by atoms with Gasteiger partial charge in [-0.05, 0) is 24.1 Å². The van der Waals surface area contributed by atoms with E-state index in [0.717, 1.165) is 11.4 Å². The van der Waals surface area contributed by atoms with E-state index in [2.05, 4.69) is 9.97 Å². The number of H-pyrrole nitrogens is 1. The molecule has 7 heteroatoms. The number of ether oxygens (including phenoxy) is 1. The van der Waals surface area contributed by atoms with Gasteiger partial charge in [-0.1, -0.05) is 6.07 Å². The molecular weight excluding hydrogens is 302 g/mol. The van der Waals surface area contributed by atoms with Gasteiger partial charge in [0, 0.05) is 18.9 Å². The molecule has 1 fully saturated rings. The molecular formula is C15H17N3O3S. The van der Waals surface area contributed by atoms with Crippen LogP contribution in [-0.4, -0.2) is 45.3 Å². The number of benzene rings is 1. The summed E-state index contributed by atoms with van der Waals surface area (Å²) in [5, 5.41) is 9.56. The summed E-state index contributed by atoms with van der Waals surface area (Å²) in [4.78, 5) is 21.2. The molecule has 1 aliphatic heterocycles. The Labute approximate surface area is 132 Å². The molecule has 2 N–H and O–H groups in total. The first kappa shape index (κ1) is 14.8. The van der Waals surface area contributed by atoms with E-state index in [1.165, 1.54) is 7.11 Å². The molecule has 1 unspecified atom stereocenters. The molecule has 1 saturated heterocycles. The van der Waals surface area contributed by atoms with Gasteiger partial charge in [-0.3, -0.25) is 4.79 Å². The number of aromatic amines is 1. The van der Waals surface area contributed by atoms with Crippen molar-refractivity contribution in [2.75, 3.05) is 19.4 Å². The Balaban J connectivity index is 1.70. The molecule has 1 aliphatic rings. The van der Waals surface area contributed by atoms with Gasteiger partial charge >= 0.3 is 0 Å². The SMILES string of the molecule is COc1cc(CCN2C(=O)CSC2c2ncc[nH]2)ccc1O. The van der Waals surface area contributed by atoms with Gasteiger partial charge in [0.25, 0.3) is 0 Å². The van der Waals surface area contributed by atoms with Crippen molar-refractivity contribution >= 4 is 17.7 Å². The number of amides is 1. The first-order chi connectivity index (χ1) is 10.7. The summed E-state index contributed by atoms with van der Waals surface area (Å²) in [5.74, 6) is 1.97. The zero-order chi connectivity index (χ0) is 15.5. The van der Waals surface area contributed by atoms with Crippen LogP contribution in [0.25, 0.3) is 0 Å². The molecule has 1 amide bonds. The molecule has 0 saturated carbocycles. The van der Waals surface area contributed by atoms with Gasteiger partial charge in [0.15, 0.2) is 11.5 Å². The van der Waals surface area contributed by atoms with E-state index in [1.54, 1.807) is 36.3 Å². The van der Waals surface area contributed by atoms with Crippen LogP contribution in [-0.2, 0) is 11.2 Å². The topological polar surface area (TPSA) is 78.5 Å². The number of phenolic OH excluding ortho intramolecular Hbond substituents is 1. The third-order valence-corrected chi connectivity index (χ3v) is 4.81. The van der Waals surface area contributed by atoms with E-state index in [4.69, 9.17) is 4.74 Å². The number of hydrogen-bond donors (Lipinski definition) is 2. The van der Waals surface area contributed by atoms with Crippen molar-refractivity contribution in [1.82, 2.24) is 14.9 Å². The molecule has 1 atom stereocenters. The highest BCUT2D eigenvalue weighted by Gasteiger charge is 2.33. The lowest BCUT2D eigenvalue weighted by Crippen LogP contribution is -2.30. The Kier molecular flexibility index (Phi) is 4.24. The molecule has 116 valence electrons. The number of imidazole rings is 1. The summed E-state index contributed by atoms with van der Waals surface area (Å²) in [7, 11) is 1.52. The zero-order valence-electron chi connectivity index (χ0n) is 12.2. The van der Waals surface area contributed by atoms with Crippen molar-refractivity contribution in [3.05, 3.63) is 42.0 Å². The molecule has 0 bridgehead atoms. The maximum absolute atomic E-state index is 12.1. The van der Waals surface area contributed by atoms with Gasteiger partial charge in [-0.15, -0.1) is 11.8 Å². The molecule has 6 nitrogen and oxygen atoms in total. The minimum absolute atomic E-state index is 0.0542. The van der Waals surface area contributed by atoms with E-state index < -0.39 is 0 Å². The molecule has 3 rings (SSSR count). The largest absolute Gasteiger partial charge is 0.504 e. The number of aromatic hydroxyl groups is 1. The third kappa shape index (κ3) is 2.89. The fourth-order valence-electron chi connectivity index (χ4n) is 2.46. The average molecular weight is 319 g/mol. The lowest BCUT2D eigenvalue weighted by Gasteiger charge is -2.22. The fourth-order valence-corrected chi connectivity index (χ4v) is 3.62. The minimum Gasteiger partial charge on any atom is -0.504 e.